The first-order valence-electron chi connectivity index (χ1n) is 17.9. The van der Waals surface area contributed by atoms with E-state index in [0.29, 0.717) is 0 Å². The number of hydrogen-bond acceptors (Lipinski definition) is 0. The third-order valence-electron chi connectivity index (χ3n) is 2.32. The molecule has 0 heterocycles. The fraction of sp³-hybridized carbons (Fsp3) is 1.00. The monoisotopic (exact) mass is 1520 g/mol. The Labute approximate surface area is 1070 Å². The van der Waals surface area contributed by atoms with Gasteiger partial charge in [-0.1, -0.05) is 298 Å². The van der Waals surface area contributed by atoms with Crippen molar-refractivity contribution >= 4 is 0 Å². The summed E-state index contributed by atoms with van der Waals surface area (Å²) in [5.41, 5.74) is 0. The van der Waals surface area contributed by atoms with Gasteiger partial charge in [0.15, 0.2) is 0 Å². The van der Waals surface area contributed by atoms with Gasteiger partial charge < -0.3 is 0 Å². The second-order valence-corrected chi connectivity index (χ2v) is 8.97. The molecule has 0 N–H and O–H groups in total. The molecular weight excluding hydrogens is 1390 g/mol. The van der Waals surface area contributed by atoms with Gasteiger partial charge in [-0.15, -0.1) is 0 Å². The summed E-state index contributed by atoms with van der Waals surface area (Å²) in [7, 11) is 0. The van der Waals surface area contributed by atoms with Crippen LogP contribution in [0.15, 0.2) is 0 Å². The molecule has 0 rings (SSSR count). The largest absolute Gasteiger partial charge is 0.0776 e. The van der Waals surface area contributed by atoms with Crippen molar-refractivity contribution in [1.82, 2.24) is 0 Å². The van der Waals surface area contributed by atoms with E-state index >= 15 is 0 Å². The van der Waals surface area contributed by atoms with Crippen LogP contribution in [0.25, 0.3) is 0 Å². The van der Waals surface area contributed by atoms with Crippen molar-refractivity contribution in [3.63, 3.8) is 0 Å². The minimum Gasteiger partial charge on any atom is -0.0776 e. The maximum atomic E-state index is 2.22. The van der Waals surface area contributed by atoms with Crippen LogP contribution in [0.4, 0.5) is 0 Å². The molecule has 0 saturated carbocycles. The molecule has 0 saturated heterocycles. The summed E-state index contributed by atoms with van der Waals surface area (Å²) >= 11 is 0. The Hall–Kier alpha value is 26.5. The molecule has 0 aromatic rings. The maximum absolute atomic E-state index is 2.22. The number of unbranched alkanes of at least 4 members (excludes halogenated alkanes) is 3. The van der Waals surface area contributed by atoms with Crippen molar-refractivity contribution in [2.45, 2.75) is 298 Å². The molecule has 0 bridgehead atoms. The van der Waals surface area contributed by atoms with Gasteiger partial charge in [0, 0.05) is 793 Å². The average molecular weight is 1520 g/mol. The van der Waals surface area contributed by atoms with E-state index in [4.69, 9.17) is 0 Å². The Bertz CT molecular complexity index is 166. The molecule has 0 atom stereocenters. The zero-order valence-electron chi connectivity index (χ0n) is 41.8. The molecule has 0 nitrogen and oxygen atoms in total. The molecule has 0 spiro atoms. The minimum atomic E-state index is 0. The first-order valence-corrected chi connectivity index (χ1v) is 17.9. The van der Waals surface area contributed by atoms with Crippen LogP contribution in [0.3, 0.4) is 0 Å². The SMILES string of the molecule is C.C.C.C.C.C.C.C.CC.CC.CC.CC.CC.CC(C)C.CC(C)C.CCC.CCC(C)C.CCCC.CCCC.CCCC.[Ar].[Ar].[Ar].[Ar].[Ar].[Ar].[Ar].[Ar].[Ar].[Ar].[Ar].[Ar].[Ar].[Ar].[Ar].[Ar].[Ar].[Ar].[Ar].[Ar].[Ar]. The van der Waals surface area contributed by atoms with Crippen LogP contribution in [0, 0.1) is 810 Å². The van der Waals surface area contributed by atoms with E-state index in [9.17, 15) is 0 Å². The van der Waals surface area contributed by atoms with Gasteiger partial charge in [-0.25, -0.2) is 0 Å². The summed E-state index contributed by atoms with van der Waals surface area (Å²) in [6.45, 7) is 57.0. The summed E-state index contributed by atoms with van der Waals surface area (Å²) in [5.74, 6) is 2.55. The topological polar surface area (TPSA) is 0 Å². The second kappa shape index (κ2) is 410. The second-order valence-electron chi connectivity index (χ2n) is 8.97. The van der Waals surface area contributed by atoms with Crippen molar-refractivity contribution in [2.75, 3.05) is 0 Å². The summed E-state index contributed by atoms with van der Waals surface area (Å²) in [6, 6.07) is 0. The van der Waals surface area contributed by atoms with E-state index in [1.807, 2.05) is 69.2 Å². The van der Waals surface area contributed by atoms with Gasteiger partial charge in [0.25, 0.3) is 0 Å². The fourth-order valence-corrected chi connectivity index (χ4v) is 0. The fourth-order valence-electron chi connectivity index (χ4n) is 0. The van der Waals surface area contributed by atoms with Gasteiger partial charge in [-0.2, -0.15) is 0 Å². The molecule has 0 aliphatic heterocycles. The van der Waals surface area contributed by atoms with Crippen LogP contribution in [-0.2, 0) is 0 Å². The Morgan fingerprint density at radius 2 is 0.224 bits per heavy atom. The molecule has 21 heteroatoms. The predicted octanol–water partition coefficient (Wildman–Crippen LogP) is 22.4. The van der Waals surface area contributed by atoms with Gasteiger partial charge in [0.2, 0.25) is 0 Å². The molecular formula is C46H132Ar21. The summed E-state index contributed by atoms with van der Waals surface area (Å²) in [5, 5.41) is 0. The van der Waals surface area contributed by atoms with Gasteiger partial charge in [0.1, 0.15) is 0 Å². The van der Waals surface area contributed by atoms with Crippen molar-refractivity contribution in [2.24, 2.45) is 17.8 Å². The van der Waals surface area contributed by atoms with Crippen molar-refractivity contribution < 1.29 is 793 Å². The Morgan fingerprint density at radius 1 is 0.194 bits per heavy atom. The Morgan fingerprint density at radius 3 is 0.224 bits per heavy atom. The first kappa shape index (κ1) is 290. The van der Waals surface area contributed by atoms with E-state index in [-0.39, 0.29) is 852 Å². The van der Waals surface area contributed by atoms with Crippen LogP contribution < -0.4 is 0 Å². The van der Waals surface area contributed by atoms with Gasteiger partial charge in [0.05, 0.1) is 0 Å². The smallest absolute Gasteiger partial charge is 0 e. The third-order valence-corrected chi connectivity index (χ3v) is 2.32. The molecule has 0 aliphatic carbocycles. The molecule has 0 unspecified atom stereocenters. The van der Waals surface area contributed by atoms with Crippen molar-refractivity contribution in [3.8, 4) is 0 Å². The van der Waals surface area contributed by atoms with Crippen LogP contribution >= 0.6 is 0 Å². The Kier molecular flexibility index (Phi) is 1770. The van der Waals surface area contributed by atoms with E-state index in [1.165, 1.54) is 51.4 Å². The molecule has 0 amide bonds. The Balaban J connectivity index is -0.00000000274. The zero-order valence-corrected chi connectivity index (χ0v) is 56.7. The normalized spacial score (nSPS) is 3.85. The van der Waals surface area contributed by atoms with Crippen molar-refractivity contribution in [3.05, 3.63) is 0 Å². The van der Waals surface area contributed by atoms with Crippen LogP contribution in [0.5, 0.6) is 0 Å². The number of rotatable bonds is 4. The van der Waals surface area contributed by atoms with Gasteiger partial charge in [-0.05, 0) is 17.8 Å². The molecule has 484 valence electrons. The van der Waals surface area contributed by atoms with E-state index in [0.717, 1.165) is 17.8 Å². The van der Waals surface area contributed by atoms with Crippen LogP contribution in [-0.4, -0.2) is 0 Å². The quantitative estimate of drug-likeness (QED) is 0.263. The zero-order chi connectivity index (χ0) is 34.4. The van der Waals surface area contributed by atoms with Gasteiger partial charge in [-0.3, -0.25) is 0 Å². The maximum Gasteiger partial charge on any atom is 0 e. The van der Waals surface area contributed by atoms with Crippen molar-refractivity contribution in [1.29, 1.82) is 0 Å². The standard InChI is InChI=1S/C5H12.5C4H10.C3H8.5C2H6.8CH4.21Ar/c1-4-5(2)3;2*1-4(2)3;3*1-3-4-2;1-3-2;5*1-2;;;;;;;;;;;;;;;;;;;;;;;;;;;;;/h5H,4H2,1-3H3;2*4H,1-3H3;3*3-4H2,1-2H3;3H2,1-2H3;5*1-2H3;8*1H4;;;;;;;;;;;;;;;;;;;;;. The van der Waals surface area contributed by atoms with E-state index < -0.39 is 0 Å². The molecule has 67 heavy (non-hydrogen) atoms. The molecule has 0 aliphatic rings. The summed E-state index contributed by atoms with van der Waals surface area (Å²) < 4.78 is 0. The van der Waals surface area contributed by atoms with Gasteiger partial charge >= 0.3 is 0 Å². The molecule has 0 radical (unpaired) electrons. The van der Waals surface area contributed by atoms with E-state index in [1.54, 1.807) is 0 Å². The average Bonchev–Trinajstić information content (AvgIpc) is 2.94. The van der Waals surface area contributed by atoms with E-state index in [2.05, 4.69) is 118 Å². The molecule has 0 fully saturated rings. The predicted molar refractivity (Wildman–Crippen MR) is 254 cm³/mol. The minimum absolute atomic E-state index is 0. The summed E-state index contributed by atoms with van der Waals surface area (Å²) in [4.78, 5) is 0. The van der Waals surface area contributed by atoms with Crippen LogP contribution in [0.1, 0.15) is 298 Å². The molecule has 0 aromatic carbocycles. The number of hydrogen-bond donors (Lipinski definition) is 0. The third kappa shape index (κ3) is 765. The van der Waals surface area contributed by atoms with Crippen LogP contribution in [0.2, 0.25) is 0 Å². The summed E-state index contributed by atoms with van der Waals surface area (Å²) in [6.07, 6.45) is 10.5. The molecule has 0 aromatic heterocycles. The first-order chi connectivity index (χ1) is 17.9.